The van der Waals surface area contributed by atoms with E-state index in [9.17, 15) is 0 Å². The van der Waals surface area contributed by atoms with Crippen LogP contribution in [0.2, 0.25) is 0 Å². The molecule has 1 aromatic heterocycles. The van der Waals surface area contributed by atoms with Gasteiger partial charge in [-0.15, -0.1) is 0 Å². The van der Waals surface area contributed by atoms with E-state index in [0.29, 0.717) is 6.04 Å². The predicted octanol–water partition coefficient (Wildman–Crippen LogP) is 2.45. The third kappa shape index (κ3) is 2.44. The molecule has 0 aromatic carbocycles. The fourth-order valence-electron chi connectivity index (χ4n) is 1.02. The molecule has 0 fully saturated rings. The Morgan fingerprint density at radius 2 is 2.08 bits per heavy atom. The normalized spacial score (nSPS) is 10.7. The molecule has 68 valence electrons. The first-order chi connectivity index (χ1) is 5.76. The van der Waals surface area contributed by atoms with Gasteiger partial charge in [-0.25, -0.2) is 4.98 Å². The SMILES string of the molecule is CCC(CC)Nc1nc(C)ns1. The fourth-order valence-corrected chi connectivity index (χ4v) is 1.67. The highest BCUT2D eigenvalue weighted by Crippen LogP contribution is 2.13. The Morgan fingerprint density at radius 3 is 2.50 bits per heavy atom. The van der Waals surface area contributed by atoms with Crippen molar-refractivity contribution in [3.8, 4) is 0 Å². The molecule has 0 radical (unpaired) electrons. The zero-order valence-corrected chi connectivity index (χ0v) is 8.61. The van der Waals surface area contributed by atoms with Crippen LogP contribution in [0.5, 0.6) is 0 Å². The van der Waals surface area contributed by atoms with Crippen molar-refractivity contribution in [1.82, 2.24) is 9.36 Å². The van der Waals surface area contributed by atoms with Gasteiger partial charge in [-0.05, 0) is 19.8 Å². The third-order valence-electron chi connectivity index (χ3n) is 1.84. The van der Waals surface area contributed by atoms with Crippen LogP contribution in [0.4, 0.5) is 5.13 Å². The summed E-state index contributed by atoms with van der Waals surface area (Å²) in [5, 5.41) is 4.29. The molecular formula is C8H15N3S. The molecule has 0 bridgehead atoms. The molecule has 0 aliphatic heterocycles. The van der Waals surface area contributed by atoms with Crippen LogP contribution < -0.4 is 5.32 Å². The Bertz CT molecular complexity index is 230. The van der Waals surface area contributed by atoms with Crippen LogP contribution in [0.3, 0.4) is 0 Å². The van der Waals surface area contributed by atoms with Gasteiger partial charge in [0.1, 0.15) is 5.82 Å². The van der Waals surface area contributed by atoms with Crippen LogP contribution in [-0.4, -0.2) is 15.4 Å². The largest absolute Gasteiger partial charge is 0.358 e. The summed E-state index contributed by atoms with van der Waals surface area (Å²) in [4.78, 5) is 4.24. The minimum absolute atomic E-state index is 0.539. The van der Waals surface area contributed by atoms with Gasteiger partial charge < -0.3 is 5.32 Å². The lowest BCUT2D eigenvalue weighted by Crippen LogP contribution is -2.16. The quantitative estimate of drug-likeness (QED) is 0.783. The summed E-state index contributed by atoms with van der Waals surface area (Å²) >= 11 is 1.44. The summed E-state index contributed by atoms with van der Waals surface area (Å²) in [5.74, 6) is 0.855. The van der Waals surface area contributed by atoms with E-state index < -0.39 is 0 Å². The summed E-state index contributed by atoms with van der Waals surface area (Å²) in [6.07, 6.45) is 2.27. The summed E-state index contributed by atoms with van der Waals surface area (Å²) < 4.78 is 4.11. The smallest absolute Gasteiger partial charge is 0.202 e. The first kappa shape index (κ1) is 9.45. The van der Waals surface area contributed by atoms with Gasteiger partial charge >= 0.3 is 0 Å². The van der Waals surface area contributed by atoms with Crippen LogP contribution >= 0.6 is 11.5 Å². The highest BCUT2D eigenvalue weighted by Gasteiger charge is 2.05. The van der Waals surface area contributed by atoms with Gasteiger partial charge in [-0.1, -0.05) is 13.8 Å². The second-order valence-corrected chi connectivity index (χ2v) is 3.56. The maximum absolute atomic E-state index is 4.24. The molecule has 0 atom stereocenters. The molecule has 3 nitrogen and oxygen atoms in total. The van der Waals surface area contributed by atoms with Gasteiger partial charge in [0.15, 0.2) is 0 Å². The molecule has 0 spiro atoms. The monoisotopic (exact) mass is 185 g/mol. The van der Waals surface area contributed by atoms with Crippen LogP contribution in [0.25, 0.3) is 0 Å². The lowest BCUT2D eigenvalue weighted by Gasteiger charge is -2.12. The zero-order valence-electron chi connectivity index (χ0n) is 7.79. The van der Waals surface area contributed by atoms with Gasteiger partial charge in [0.05, 0.1) is 0 Å². The molecule has 1 rings (SSSR count). The average molecular weight is 185 g/mol. The Kier molecular flexibility index (Phi) is 3.47. The number of hydrogen-bond acceptors (Lipinski definition) is 4. The van der Waals surface area contributed by atoms with Crippen molar-refractivity contribution in [3.63, 3.8) is 0 Å². The van der Waals surface area contributed by atoms with E-state index in [-0.39, 0.29) is 0 Å². The highest BCUT2D eigenvalue weighted by molar-refractivity contribution is 7.09. The third-order valence-corrected chi connectivity index (χ3v) is 2.58. The maximum atomic E-state index is 4.24. The molecule has 1 aromatic rings. The molecule has 0 amide bonds. The minimum atomic E-state index is 0.539. The number of nitrogens with one attached hydrogen (secondary N) is 1. The maximum Gasteiger partial charge on any atom is 0.202 e. The number of hydrogen-bond donors (Lipinski definition) is 1. The number of aryl methyl sites for hydroxylation is 1. The van der Waals surface area contributed by atoms with Crippen molar-refractivity contribution in [2.75, 3.05) is 5.32 Å². The van der Waals surface area contributed by atoms with Crippen molar-refractivity contribution >= 4 is 16.7 Å². The topological polar surface area (TPSA) is 37.8 Å². The van der Waals surface area contributed by atoms with Crippen LogP contribution in [0.1, 0.15) is 32.5 Å². The van der Waals surface area contributed by atoms with Gasteiger partial charge in [-0.2, -0.15) is 4.37 Å². The molecule has 12 heavy (non-hydrogen) atoms. The average Bonchev–Trinajstić information content (AvgIpc) is 2.47. The van der Waals surface area contributed by atoms with E-state index in [1.165, 1.54) is 11.5 Å². The first-order valence-corrected chi connectivity index (χ1v) is 5.10. The van der Waals surface area contributed by atoms with E-state index in [1.54, 1.807) is 0 Å². The van der Waals surface area contributed by atoms with E-state index >= 15 is 0 Å². The van der Waals surface area contributed by atoms with Crippen molar-refractivity contribution in [1.29, 1.82) is 0 Å². The summed E-state index contributed by atoms with van der Waals surface area (Å²) in [5.41, 5.74) is 0. The van der Waals surface area contributed by atoms with Crippen LogP contribution in [-0.2, 0) is 0 Å². The standard InChI is InChI=1S/C8H15N3S/c1-4-7(5-2)10-8-9-6(3)11-12-8/h7H,4-5H2,1-3H3,(H,9,10,11). The van der Waals surface area contributed by atoms with E-state index in [0.717, 1.165) is 23.8 Å². The van der Waals surface area contributed by atoms with Gasteiger partial charge in [-0.3, -0.25) is 0 Å². The lowest BCUT2D eigenvalue weighted by molar-refractivity contribution is 0.671. The second-order valence-electron chi connectivity index (χ2n) is 2.80. The molecule has 0 saturated carbocycles. The highest BCUT2D eigenvalue weighted by atomic mass is 32.1. The molecule has 1 N–H and O–H groups in total. The lowest BCUT2D eigenvalue weighted by atomic mass is 10.2. The second kappa shape index (κ2) is 4.40. The van der Waals surface area contributed by atoms with Crippen molar-refractivity contribution in [2.45, 2.75) is 39.7 Å². The fraction of sp³-hybridized carbons (Fsp3) is 0.750. The summed E-state index contributed by atoms with van der Waals surface area (Å²) in [6, 6.07) is 0.539. The number of anilines is 1. The first-order valence-electron chi connectivity index (χ1n) is 4.33. The minimum Gasteiger partial charge on any atom is -0.358 e. The number of aromatic nitrogens is 2. The van der Waals surface area contributed by atoms with Crippen LogP contribution in [0, 0.1) is 6.92 Å². The molecule has 4 heteroatoms. The molecular weight excluding hydrogens is 170 g/mol. The van der Waals surface area contributed by atoms with Gasteiger partial charge in [0, 0.05) is 17.6 Å². The Labute approximate surface area is 77.4 Å². The van der Waals surface area contributed by atoms with E-state index in [2.05, 4.69) is 28.5 Å². The molecule has 0 aliphatic carbocycles. The molecule has 0 saturated heterocycles. The van der Waals surface area contributed by atoms with Crippen molar-refractivity contribution in [3.05, 3.63) is 5.82 Å². The zero-order chi connectivity index (χ0) is 8.97. The Balaban J connectivity index is 2.50. The Hall–Kier alpha value is -0.640. The van der Waals surface area contributed by atoms with E-state index in [4.69, 9.17) is 0 Å². The summed E-state index contributed by atoms with van der Waals surface area (Å²) in [6.45, 7) is 6.26. The van der Waals surface area contributed by atoms with Crippen molar-refractivity contribution in [2.24, 2.45) is 0 Å². The molecule has 0 unspecified atom stereocenters. The van der Waals surface area contributed by atoms with Crippen molar-refractivity contribution < 1.29 is 0 Å². The number of nitrogens with zero attached hydrogens (tertiary/aromatic N) is 2. The summed E-state index contributed by atoms with van der Waals surface area (Å²) in [7, 11) is 0. The van der Waals surface area contributed by atoms with E-state index in [1.807, 2.05) is 6.92 Å². The molecule has 0 aliphatic rings. The predicted molar refractivity (Wildman–Crippen MR) is 52.6 cm³/mol. The van der Waals surface area contributed by atoms with Gasteiger partial charge in [0.2, 0.25) is 5.13 Å². The van der Waals surface area contributed by atoms with Gasteiger partial charge in [0.25, 0.3) is 0 Å². The Morgan fingerprint density at radius 1 is 1.42 bits per heavy atom. The number of rotatable bonds is 4. The van der Waals surface area contributed by atoms with Crippen LogP contribution in [0.15, 0.2) is 0 Å². The molecule has 1 heterocycles.